The van der Waals surface area contributed by atoms with Crippen LogP contribution in [0.3, 0.4) is 0 Å². The van der Waals surface area contributed by atoms with Gasteiger partial charge in [-0.25, -0.2) is 0 Å². The van der Waals surface area contributed by atoms with Gasteiger partial charge >= 0.3 is 0 Å². The van der Waals surface area contributed by atoms with E-state index in [1.807, 2.05) is 12.1 Å². The van der Waals surface area contributed by atoms with Crippen LogP contribution in [0.2, 0.25) is 0 Å². The third-order valence-corrected chi connectivity index (χ3v) is 7.55. The van der Waals surface area contributed by atoms with Crippen molar-refractivity contribution in [2.45, 2.75) is 36.2 Å². The predicted octanol–water partition coefficient (Wildman–Crippen LogP) is 5.43. The number of halogens is 1. The first kappa shape index (κ1) is 17.6. The van der Waals surface area contributed by atoms with Crippen LogP contribution in [0.25, 0.3) is 10.8 Å². The van der Waals surface area contributed by atoms with E-state index in [1.54, 1.807) is 34.4 Å². The van der Waals surface area contributed by atoms with Gasteiger partial charge in [-0.1, -0.05) is 17.8 Å². The summed E-state index contributed by atoms with van der Waals surface area (Å²) in [5.74, 6) is 2.79. The van der Waals surface area contributed by atoms with Crippen LogP contribution >= 0.6 is 50.4 Å². The Balaban J connectivity index is 1.31. The van der Waals surface area contributed by atoms with Crippen LogP contribution in [0.15, 0.2) is 43.0 Å². The minimum Gasteiger partial charge on any atom is -0.419 e. The molecule has 4 heterocycles. The van der Waals surface area contributed by atoms with E-state index >= 15 is 0 Å². The second kappa shape index (κ2) is 7.50. The smallest absolute Gasteiger partial charge is 0.257 e. The lowest BCUT2D eigenvalue weighted by atomic mass is 10.3. The van der Waals surface area contributed by atoms with Crippen LogP contribution in [-0.4, -0.2) is 25.0 Å². The Morgan fingerprint density at radius 2 is 2.11 bits per heavy atom. The zero-order chi connectivity index (χ0) is 18.2. The number of rotatable bonds is 7. The fourth-order valence-corrected chi connectivity index (χ4v) is 5.63. The molecule has 5 rings (SSSR count). The van der Waals surface area contributed by atoms with Crippen LogP contribution in [0, 0.1) is 0 Å². The summed E-state index contributed by atoms with van der Waals surface area (Å²) in [5, 5.41) is 20.2. The molecule has 1 saturated carbocycles. The van der Waals surface area contributed by atoms with Gasteiger partial charge in [-0.15, -0.1) is 43.1 Å². The van der Waals surface area contributed by atoms with Gasteiger partial charge in [-0.05, 0) is 52.4 Å². The highest BCUT2D eigenvalue weighted by molar-refractivity contribution is 9.11. The molecule has 0 aliphatic heterocycles. The summed E-state index contributed by atoms with van der Waals surface area (Å²) in [6.45, 7) is 0. The Labute approximate surface area is 176 Å². The maximum Gasteiger partial charge on any atom is 0.257 e. The van der Waals surface area contributed by atoms with Gasteiger partial charge in [0.05, 0.1) is 14.4 Å². The lowest BCUT2D eigenvalue weighted by Crippen LogP contribution is -2.03. The molecule has 0 saturated heterocycles. The van der Waals surface area contributed by atoms with Gasteiger partial charge in [-0.2, -0.15) is 0 Å². The number of thiophene rings is 2. The topological polar surface area (TPSA) is 69.6 Å². The van der Waals surface area contributed by atoms with Crippen molar-refractivity contribution in [3.63, 3.8) is 0 Å². The van der Waals surface area contributed by atoms with E-state index in [-0.39, 0.29) is 0 Å². The predicted molar refractivity (Wildman–Crippen MR) is 110 cm³/mol. The molecule has 0 atom stereocenters. The molecule has 1 fully saturated rings. The summed E-state index contributed by atoms with van der Waals surface area (Å²) >= 11 is 8.40. The zero-order valence-electron chi connectivity index (χ0n) is 14.0. The van der Waals surface area contributed by atoms with Crippen LogP contribution in [-0.2, 0) is 12.2 Å². The Bertz CT molecular complexity index is 1050. The van der Waals surface area contributed by atoms with Crippen molar-refractivity contribution in [3.8, 4) is 10.8 Å². The molecule has 138 valence electrons. The number of aromatic nitrogens is 5. The van der Waals surface area contributed by atoms with Crippen LogP contribution in [0.1, 0.15) is 35.5 Å². The molecule has 6 nitrogen and oxygen atoms in total. The normalized spacial score (nSPS) is 14.1. The number of thioether (sulfide) groups is 1. The van der Waals surface area contributed by atoms with Gasteiger partial charge in [0.1, 0.15) is 5.82 Å². The summed E-state index contributed by atoms with van der Waals surface area (Å²) in [5.41, 5.74) is 0. The van der Waals surface area contributed by atoms with E-state index in [0.717, 1.165) is 26.1 Å². The Morgan fingerprint density at radius 3 is 2.85 bits per heavy atom. The first-order chi connectivity index (χ1) is 13.3. The third kappa shape index (κ3) is 3.89. The van der Waals surface area contributed by atoms with E-state index in [4.69, 9.17) is 4.42 Å². The van der Waals surface area contributed by atoms with E-state index in [2.05, 4.69) is 58.4 Å². The van der Waals surface area contributed by atoms with Gasteiger partial charge < -0.3 is 8.98 Å². The van der Waals surface area contributed by atoms with Gasteiger partial charge in [0.25, 0.3) is 5.89 Å². The van der Waals surface area contributed by atoms with Crippen molar-refractivity contribution in [2.24, 2.45) is 0 Å². The van der Waals surface area contributed by atoms with Crippen molar-refractivity contribution in [1.29, 1.82) is 0 Å². The first-order valence-electron chi connectivity index (χ1n) is 8.43. The van der Waals surface area contributed by atoms with Crippen molar-refractivity contribution in [3.05, 3.63) is 50.0 Å². The molecule has 0 unspecified atom stereocenters. The number of nitrogens with zero attached hydrogens (tertiary/aromatic N) is 5. The van der Waals surface area contributed by atoms with Crippen LogP contribution in [0.5, 0.6) is 0 Å². The standard InChI is InChI=1S/C17H14BrN5OS3/c18-13-6-5-12(27-13)16-21-20-15(24-16)9-26-17-22-19-14(23(17)10-3-4-10)8-11-2-1-7-25-11/h1-2,5-7,10H,3-4,8-9H2. The first-order valence-corrected chi connectivity index (χ1v) is 11.9. The molecule has 0 radical (unpaired) electrons. The molecule has 10 heteroatoms. The van der Waals surface area contributed by atoms with Crippen LogP contribution in [0.4, 0.5) is 0 Å². The summed E-state index contributed by atoms with van der Waals surface area (Å²) in [4.78, 5) is 2.27. The molecule has 27 heavy (non-hydrogen) atoms. The summed E-state index contributed by atoms with van der Waals surface area (Å²) < 4.78 is 9.14. The Kier molecular flexibility index (Phi) is 4.89. The monoisotopic (exact) mass is 479 g/mol. The molecule has 4 aromatic heterocycles. The average Bonchev–Trinajstić information content (AvgIpc) is 3.12. The average molecular weight is 480 g/mol. The third-order valence-electron chi connectivity index (χ3n) is 4.14. The second-order valence-electron chi connectivity index (χ2n) is 6.15. The fraction of sp³-hybridized carbons (Fsp3) is 0.294. The van der Waals surface area contributed by atoms with E-state index in [0.29, 0.717) is 23.6 Å². The van der Waals surface area contributed by atoms with E-state index < -0.39 is 0 Å². The lowest BCUT2D eigenvalue weighted by Gasteiger charge is -2.07. The quantitative estimate of drug-likeness (QED) is 0.329. The van der Waals surface area contributed by atoms with Crippen molar-refractivity contribution >= 4 is 50.4 Å². The molecule has 0 spiro atoms. The molecule has 0 N–H and O–H groups in total. The molecular weight excluding hydrogens is 466 g/mol. The maximum absolute atomic E-state index is 5.80. The van der Waals surface area contributed by atoms with Crippen molar-refractivity contribution < 1.29 is 4.42 Å². The zero-order valence-corrected chi connectivity index (χ0v) is 18.1. The lowest BCUT2D eigenvalue weighted by molar-refractivity contribution is 0.529. The maximum atomic E-state index is 5.80. The van der Waals surface area contributed by atoms with E-state index in [9.17, 15) is 0 Å². The largest absolute Gasteiger partial charge is 0.419 e. The Morgan fingerprint density at radius 1 is 1.19 bits per heavy atom. The van der Waals surface area contributed by atoms with Gasteiger partial charge in [0.2, 0.25) is 5.89 Å². The molecular formula is C17H14BrN5OS3. The number of hydrogen-bond donors (Lipinski definition) is 0. The molecule has 1 aliphatic carbocycles. The van der Waals surface area contributed by atoms with Gasteiger partial charge in [-0.3, -0.25) is 0 Å². The molecule has 0 aromatic carbocycles. The number of hydrogen-bond acceptors (Lipinski definition) is 8. The summed E-state index contributed by atoms with van der Waals surface area (Å²) in [6, 6.07) is 8.70. The highest BCUT2D eigenvalue weighted by Crippen LogP contribution is 2.40. The van der Waals surface area contributed by atoms with Gasteiger partial charge in [0.15, 0.2) is 5.16 Å². The second-order valence-corrected chi connectivity index (χ2v) is 10.6. The van der Waals surface area contributed by atoms with Crippen LogP contribution < -0.4 is 0 Å². The van der Waals surface area contributed by atoms with E-state index in [1.165, 1.54) is 17.7 Å². The fourth-order valence-electron chi connectivity index (χ4n) is 2.76. The highest BCUT2D eigenvalue weighted by Gasteiger charge is 2.30. The molecule has 1 aliphatic rings. The highest BCUT2D eigenvalue weighted by atomic mass is 79.9. The SMILES string of the molecule is Brc1ccc(-c2nnc(CSc3nnc(Cc4cccs4)n3C3CC3)o2)s1. The minimum atomic E-state index is 0.527. The molecule has 4 aromatic rings. The summed E-state index contributed by atoms with van der Waals surface area (Å²) in [7, 11) is 0. The summed E-state index contributed by atoms with van der Waals surface area (Å²) in [6.07, 6.45) is 3.22. The van der Waals surface area contributed by atoms with Crippen molar-refractivity contribution in [1.82, 2.24) is 25.0 Å². The van der Waals surface area contributed by atoms with Gasteiger partial charge in [0, 0.05) is 17.3 Å². The molecule has 0 bridgehead atoms. The molecule has 0 amide bonds. The minimum absolute atomic E-state index is 0.527. The Hall–Kier alpha value is -1.49. The van der Waals surface area contributed by atoms with Crippen molar-refractivity contribution in [2.75, 3.05) is 0 Å².